The van der Waals surface area contributed by atoms with Crippen LogP contribution in [0.2, 0.25) is 0 Å². The Morgan fingerprint density at radius 2 is 1.61 bits per heavy atom. The van der Waals surface area contributed by atoms with E-state index in [9.17, 15) is 10.2 Å². The monoisotopic (exact) mass is 311 g/mol. The van der Waals surface area contributed by atoms with Crippen LogP contribution in [0.25, 0.3) is 0 Å². The molecule has 23 heavy (non-hydrogen) atoms. The van der Waals surface area contributed by atoms with Crippen LogP contribution in [0.1, 0.15) is 22.8 Å². The summed E-state index contributed by atoms with van der Waals surface area (Å²) in [6.45, 7) is 1.71. The molecular formula is C17H17N3O3. The van der Waals surface area contributed by atoms with Crippen LogP contribution in [0, 0.1) is 6.92 Å². The fraction of sp³-hybridized carbons (Fsp3) is 0.176. The summed E-state index contributed by atoms with van der Waals surface area (Å²) in [5.74, 6) is 1.13. The molecule has 0 saturated carbocycles. The molecule has 3 aromatic rings. The van der Waals surface area contributed by atoms with Crippen molar-refractivity contribution < 1.29 is 14.7 Å². The molecule has 0 bridgehead atoms. The predicted molar refractivity (Wildman–Crippen MR) is 83.9 cm³/mol. The van der Waals surface area contributed by atoms with Crippen LogP contribution in [-0.2, 0) is 12.0 Å². The van der Waals surface area contributed by atoms with Crippen molar-refractivity contribution >= 4 is 0 Å². The molecular weight excluding hydrogens is 294 g/mol. The molecule has 6 nitrogen and oxygen atoms in total. The highest BCUT2D eigenvalue weighted by Crippen LogP contribution is 2.33. The number of nitrogens with two attached hydrogens (primary N) is 1. The first-order chi connectivity index (χ1) is 11.0. The second kappa shape index (κ2) is 5.73. The van der Waals surface area contributed by atoms with Crippen molar-refractivity contribution in [3.05, 3.63) is 71.4 Å². The summed E-state index contributed by atoms with van der Waals surface area (Å²) < 4.78 is 5.01. The number of aryl methyl sites for hydroxylation is 1. The lowest BCUT2D eigenvalue weighted by Crippen LogP contribution is -2.40. The maximum absolute atomic E-state index is 9.79. The zero-order valence-corrected chi connectivity index (χ0v) is 12.6. The fourth-order valence-electron chi connectivity index (χ4n) is 2.60. The van der Waals surface area contributed by atoms with E-state index in [0.29, 0.717) is 22.8 Å². The first-order valence-electron chi connectivity index (χ1n) is 7.14. The quantitative estimate of drug-likeness (QED) is 0.682. The number of benzene rings is 2. The minimum absolute atomic E-state index is 0.113. The zero-order valence-electron chi connectivity index (χ0n) is 12.6. The molecule has 1 heterocycles. The molecule has 0 aliphatic heterocycles. The average Bonchev–Trinajstić information content (AvgIpc) is 2.92. The van der Waals surface area contributed by atoms with Gasteiger partial charge in [-0.15, -0.1) is 0 Å². The Morgan fingerprint density at radius 1 is 1.04 bits per heavy atom. The second-order valence-corrected chi connectivity index (χ2v) is 5.48. The van der Waals surface area contributed by atoms with E-state index in [1.165, 1.54) is 0 Å². The standard InChI is InChI=1S/C17H17N3O3/c1-11-19-16(20-23-11)10-17(18,12-4-2-6-14(21)8-12)13-5-3-7-15(22)9-13/h2-9,21-22H,10,18H2,1H3. The van der Waals surface area contributed by atoms with E-state index >= 15 is 0 Å². The van der Waals surface area contributed by atoms with Gasteiger partial charge in [0.05, 0.1) is 5.54 Å². The summed E-state index contributed by atoms with van der Waals surface area (Å²) in [5.41, 5.74) is 7.03. The van der Waals surface area contributed by atoms with Crippen LogP contribution in [-0.4, -0.2) is 20.4 Å². The Labute approximate surface area is 133 Å². The van der Waals surface area contributed by atoms with Gasteiger partial charge < -0.3 is 20.5 Å². The van der Waals surface area contributed by atoms with Crippen LogP contribution in [0.15, 0.2) is 53.1 Å². The summed E-state index contributed by atoms with van der Waals surface area (Å²) in [6.07, 6.45) is 0.261. The van der Waals surface area contributed by atoms with Crippen LogP contribution < -0.4 is 5.73 Å². The van der Waals surface area contributed by atoms with E-state index in [0.717, 1.165) is 0 Å². The van der Waals surface area contributed by atoms with Gasteiger partial charge >= 0.3 is 0 Å². The molecule has 6 heteroatoms. The molecule has 0 spiro atoms. The number of phenolic OH excluding ortho intramolecular Hbond substituents is 2. The molecule has 0 aliphatic carbocycles. The number of hydrogen-bond acceptors (Lipinski definition) is 6. The fourth-order valence-corrected chi connectivity index (χ4v) is 2.60. The Hall–Kier alpha value is -2.86. The van der Waals surface area contributed by atoms with Crippen molar-refractivity contribution in [1.29, 1.82) is 0 Å². The van der Waals surface area contributed by atoms with Gasteiger partial charge in [0.15, 0.2) is 5.82 Å². The maximum atomic E-state index is 9.79. The Bertz CT molecular complexity index is 784. The third-order valence-electron chi connectivity index (χ3n) is 3.73. The molecule has 1 aromatic heterocycles. The van der Waals surface area contributed by atoms with Gasteiger partial charge in [0.25, 0.3) is 0 Å². The van der Waals surface area contributed by atoms with E-state index in [1.807, 2.05) is 12.1 Å². The molecule has 0 aliphatic rings. The van der Waals surface area contributed by atoms with Crippen molar-refractivity contribution in [2.24, 2.45) is 5.73 Å². The predicted octanol–water partition coefficient (Wildman–Crippen LogP) is 2.23. The van der Waals surface area contributed by atoms with E-state index in [1.54, 1.807) is 43.3 Å². The molecule has 0 unspecified atom stereocenters. The molecule has 0 radical (unpaired) electrons. The topological polar surface area (TPSA) is 105 Å². The van der Waals surface area contributed by atoms with Gasteiger partial charge in [0.2, 0.25) is 5.89 Å². The average molecular weight is 311 g/mol. The second-order valence-electron chi connectivity index (χ2n) is 5.48. The molecule has 0 fully saturated rings. The molecule has 118 valence electrons. The molecule has 0 atom stereocenters. The molecule has 0 amide bonds. The van der Waals surface area contributed by atoms with E-state index < -0.39 is 5.54 Å². The van der Waals surface area contributed by atoms with Crippen molar-refractivity contribution in [3.63, 3.8) is 0 Å². The summed E-state index contributed by atoms with van der Waals surface area (Å²) in [6, 6.07) is 13.4. The van der Waals surface area contributed by atoms with E-state index in [4.69, 9.17) is 10.3 Å². The van der Waals surface area contributed by atoms with Crippen LogP contribution in [0.5, 0.6) is 11.5 Å². The summed E-state index contributed by atoms with van der Waals surface area (Å²) in [4.78, 5) is 4.21. The van der Waals surface area contributed by atoms with Gasteiger partial charge in [-0.2, -0.15) is 4.98 Å². The number of rotatable bonds is 4. The lowest BCUT2D eigenvalue weighted by molar-refractivity contribution is 0.381. The summed E-state index contributed by atoms with van der Waals surface area (Å²) >= 11 is 0. The van der Waals surface area contributed by atoms with Crippen molar-refractivity contribution in [2.45, 2.75) is 18.9 Å². The highest BCUT2D eigenvalue weighted by atomic mass is 16.5. The minimum Gasteiger partial charge on any atom is -0.508 e. The van der Waals surface area contributed by atoms with Crippen molar-refractivity contribution in [1.82, 2.24) is 10.1 Å². The first kappa shape index (κ1) is 15.1. The van der Waals surface area contributed by atoms with Gasteiger partial charge in [-0.3, -0.25) is 0 Å². The van der Waals surface area contributed by atoms with E-state index in [-0.39, 0.29) is 17.9 Å². The molecule has 3 rings (SSSR count). The van der Waals surface area contributed by atoms with Gasteiger partial charge in [0.1, 0.15) is 11.5 Å². The number of phenols is 2. The Balaban J connectivity index is 2.12. The molecule has 0 saturated heterocycles. The highest BCUT2D eigenvalue weighted by Gasteiger charge is 2.32. The zero-order chi connectivity index (χ0) is 16.4. The highest BCUT2D eigenvalue weighted by molar-refractivity contribution is 5.44. The van der Waals surface area contributed by atoms with Gasteiger partial charge in [-0.25, -0.2) is 0 Å². The third kappa shape index (κ3) is 3.02. The largest absolute Gasteiger partial charge is 0.508 e. The van der Waals surface area contributed by atoms with Crippen LogP contribution in [0.3, 0.4) is 0 Å². The number of hydrogen-bond donors (Lipinski definition) is 3. The van der Waals surface area contributed by atoms with Gasteiger partial charge in [-0.05, 0) is 35.4 Å². The number of nitrogens with zero attached hydrogens (tertiary/aromatic N) is 2. The maximum Gasteiger partial charge on any atom is 0.223 e. The Kier molecular flexibility index (Phi) is 3.75. The summed E-state index contributed by atoms with van der Waals surface area (Å²) in [5, 5.41) is 23.5. The SMILES string of the molecule is Cc1nc(CC(N)(c2cccc(O)c2)c2cccc(O)c2)no1. The molecule has 2 aromatic carbocycles. The lowest BCUT2D eigenvalue weighted by atomic mass is 9.80. The van der Waals surface area contributed by atoms with Gasteiger partial charge in [-0.1, -0.05) is 29.4 Å². The van der Waals surface area contributed by atoms with Crippen LogP contribution >= 0.6 is 0 Å². The molecule has 4 N–H and O–H groups in total. The van der Waals surface area contributed by atoms with E-state index in [2.05, 4.69) is 10.1 Å². The smallest absolute Gasteiger partial charge is 0.223 e. The van der Waals surface area contributed by atoms with Crippen molar-refractivity contribution in [3.8, 4) is 11.5 Å². The normalized spacial score (nSPS) is 11.6. The third-order valence-corrected chi connectivity index (χ3v) is 3.73. The summed E-state index contributed by atoms with van der Waals surface area (Å²) in [7, 11) is 0. The first-order valence-corrected chi connectivity index (χ1v) is 7.14. The van der Waals surface area contributed by atoms with Gasteiger partial charge in [0, 0.05) is 13.3 Å². The lowest BCUT2D eigenvalue weighted by Gasteiger charge is -2.30. The van der Waals surface area contributed by atoms with Crippen molar-refractivity contribution in [2.75, 3.05) is 0 Å². The number of aromatic hydroxyl groups is 2. The van der Waals surface area contributed by atoms with Crippen LogP contribution in [0.4, 0.5) is 0 Å². The number of aromatic nitrogens is 2. The minimum atomic E-state index is -1.02. The Morgan fingerprint density at radius 3 is 2.04 bits per heavy atom.